The van der Waals surface area contributed by atoms with E-state index < -0.39 is 0 Å². The first-order valence-electron chi connectivity index (χ1n) is 9.73. The Morgan fingerprint density at radius 3 is 2.38 bits per heavy atom. The van der Waals surface area contributed by atoms with E-state index in [4.69, 9.17) is 11.6 Å². The van der Waals surface area contributed by atoms with E-state index in [1.54, 1.807) is 0 Å². The second kappa shape index (κ2) is 6.96. The van der Waals surface area contributed by atoms with Crippen LogP contribution in [0.3, 0.4) is 0 Å². The van der Waals surface area contributed by atoms with E-state index in [0.29, 0.717) is 18.4 Å². The van der Waals surface area contributed by atoms with E-state index in [0.717, 1.165) is 36.3 Å². The Hall–Kier alpha value is -1.41. The van der Waals surface area contributed by atoms with Gasteiger partial charge in [-0.25, -0.2) is 0 Å². The van der Waals surface area contributed by atoms with Gasteiger partial charge in [0.1, 0.15) is 0 Å². The highest BCUT2D eigenvalue weighted by molar-refractivity contribution is 6.32. The van der Waals surface area contributed by atoms with Crippen molar-refractivity contribution in [3.63, 3.8) is 0 Å². The number of carbonyl (C=O) groups excluding carboxylic acids is 2. The number of carbonyl (C=O) groups is 2. The molecule has 1 atom stereocenters. The van der Waals surface area contributed by atoms with Gasteiger partial charge in [0.05, 0.1) is 5.57 Å². The number of halogens is 1. The minimum atomic E-state index is -0.0198. The zero-order chi connectivity index (χ0) is 19.2. The largest absolute Gasteiger partial charge is 0.294 e. The van der Waals surface area contributed by atoms with Crippen molar-refractivity contribution in [1.82, 2.24) is 0 Å². The van der Waals surface area contributed by atoms with E-state index in [1.165, 1.54) is 22.3 Å². The molecular weight excluding hydrogens is 344 g/mol. The first kappa shape index (κ1) is 19.4. The van der Waals surface area contributed by atoms with Gasteiger partial charge in [-0.2, -0.15) is 0 Å². The Bertz CT molecular complexity index is 814. The number of ketones is 2. The maximum atomic E-state index is 12.6. The molecule has 0 amide bonds. The number of Topliss-reactive ketones (excluding diaryl/α,β-unsaturated/α-hetero) is 2. The summed E-state index contributed by atoms with van der Waals surface area (Å²) in [6, 6.07) is 0. The van der Waals surface area contributed by atoms with Gasteiger partial charge in [-0.05, 0) is 78.7 Å². The summed E-state index contributed by atoms with van der Waals surface area (Å²) in [4.78, 5) is 24.8. The SMILES string of the molecule is CCCC(=O)C1=CCC(c2c(C)c3c(c(C)c2Cl)CC(C)(C)C3)CC1=O. The van der Waals surface area contributed by atoms with Crippen LogP contribution in [0.25, 0.3) is 0 Å². The normalized spacial score (nSPS) is 21.5. The van der Waals surface area contributed by atoms with Gasteiger partial charge in [-0.15, -0.1) is 0 Å². The number of allylic oxidation sites excluding steroid dienone is 2. The molecule has 0 saturated carbocycles. The first-order chi connectivity index (χ1) is 12.2. The van der Waals surface area contributed by atoms with Gasteiger partial charge in [-0.3, -0.25) is 9.59 Å². The minimum Gasteiger partial charge on any atom is -0.294 e. The van der Waals surface area contributed by atoms with Gasteiger partial charge < -0.3 is 0 Å². The van der Waals surface area contributed by atoms with E-state index >= 15 is 0 Å². The van der Waals surface area contributed by atoms with Gasteiger partial charge in [0.15, 0.2) is 11.6 Å². The first-order valence-corrected chi connectivity index (χ1v) is 10.1. The van der Waals surface area contributed by atoms with Crippen LogP contribution in [0.2, 0.25) is 5.02 Å². The lowest BCUT2D eigenvalue weighted by molar-refractivity contribution is -0.122. The van der Waals surface area contributed by atoms with Crippen LogP contribution >= 0.6 is 11.6 Å². The summed E-state index contributed by atoms with van der Waals surface area (Å²) < 4.78 is 0. The fourth-order valence-corrected chi connectivity index (χ4v) is 5.15. The van der Waals surface area contributed by atoms with Gasteiger partial charge in [0.2, 0.25) is 0 Å². The topological polar surface area (TPSA) is 34.1 Å². The quantitative estimate of drug-likeness (QED) is 0.623. The second-order valence-electron chi connectivity index (χ2n) is 8.80. The molecule has 0 bridgehead atoms. The van der Waals surface area contributed by atoms with Crippen molar-refractivity contribution < 1.29 is 9.59 Å². The molecule has 26 heavy (non-hydrogen) atoms. The second-order valence-corrected chi connectivity index (χ2v) is 9.18. The number of fused-ring (bicyclic) bond motifs is 1. The molecule has 1 aromatic carbocycles. The Labute approximate surface area is 162 Å². The van der Waals surface area contributed by atoms with Crippen molar-refractivity contribution in [3.05, 3.63) is 44.5 Å². The highest BCUT2D eigenvalue weighted by Gasteiger charge is 2.35. The lowest BCUT2D eigenvalue weighted by Gasteiger charge is -2.26. The van der Waals surface area contributed by atoms with Crippen LogP contribution in [-0.4, -0.2) is 11.6 Å². The molecule has 2 aliphatic carbocycles. The monoisotopic (exact) mass is 372 g/mol. The van der Waals surface area contributed by atoms with Crippen LogP contribution in [0.1, 0.15) is 80.2 Å². The molecular formula is C23H29ClO2. The van der Waals surface area contributed by atoms with Gasteiger partial charge in [0, 0.05) is 17.9 Å². The Morgan fingerprint density at radius 2 is 1.81 bits per heavy atom. The van der Waals surface area contributed by atoms with Crippen molar-refractivity contribution in [1.29, 1.82) is 0 Å². The Balaban J connectivity index is 1.99. The molecule has 0 spiro atoms. The molecule has 0 aromatic heterocycles. The third kappa shape index (κ3) is 3.29. The van der Waals surface area contributed by atoms with Crippen molar-refractivity contribution in [2.24, 2.45) is 5.41 Å². The van der Waals surface area contributed by atoms with E-state index in [9.17, 15) is 9.59 Å². The minimum absolute atomic E-state index is 0.00866. The lowest BCUT2D eigenvalue weighted by atomic mass is 9.78. The predicted octanol–water partition coefficient (Wildman–Crippen LogP) is 5.82. The zero-order valence-corrected chi connectivity index (χ0v) is 17.3. The van der Waals surface area contributed by atoms with Crippen LogP contribution in [-0.2, 0) is 22.4 Å². The summed E-state index contributed by atoms with van der Waals surface area (Å²) in [5.74, 6) is 0.0557. The Kier molecular flexibility index (Phi) is 5.18. The fourth-order valence-electron chi connectivity index (χ4n) is 4.74. The molecule has 140 valence electrons. The van der Waals surface area contributed by atoms with Gasteiger partial charge >= 0.3 is 0 Å². The molecule has 0 fully saturated rings. The zero-order valence-electron chi connectivity index (χ0n) is 16.6. The summed E-state index contributed by atoms with van der Waals surface area (Å²) in [7, 11) is 0. The summed E-state index contributed by atoms with van der Waals surface area (Å²) in [6.07, 6.45) is 6.33. The van der Waals surface area contributed by atoms with Crippen molar-refractivity contribution in [2.75, 3.05) is 0 Å². The van der Waals surface area contributed by atoms with Crippen molar-refractivity contribution >= 4 is 23.2 Å². The molecule has 3 rings (SSSR count). The van der Waals surface area contributed by atoms with Crippen LogP contribution < -0.4 is 0 Å². The predicted molar refractivity (Wildman–Crippen MR) is 107 cm³/mol. The highest BCUT2D eigenvalue weighted by Crippen LogP contribution is 2.47. The molecule has 1 unspecified atom stereocenters. The van der Waals surface area contributed by atoms with Crippen molar-refractivity contribution in [2.45, 2.75) is 79.1 Å². The maximum Gasteiger partial charge on any atom is 0.166 e. The number of hydrogen-bond acceptors (Lipinski definition) is 2. The molecule has 0 radical (unpaired) electrons. The van der Waals surface area contributed by atoms with Crippen LogP contribution in [0.4, 0.5) is 0 Å². The average Bonchev–Trinajstić information content (AvgIpc) is 2.89. The molecule has 2 aliphatic rings. The van der Waals surface area contributed by atoms with E-state index in [2.05, 4.69) is 27.7 Å². The van der Waals surface area contributed by atoms with Crippen LogP contribution in [0.5, 0.6) is 0 Å². The van der Waals surface area contributed by atoms with Gasteiger partial charge in [0.25, 0.3) is 0 Å². The van der Waals surface area contributed by atoms with E-state index in [1.807, 2.05) is 13.0 Å². The molecule has 0 aliphatic heterocycles. The number of benzene rings is 1. The van der Waals surface area contributed by atoms with Crippen LogP contribution in [0.15, 0.2) is 11.6 Å². The summed E-state index contributed by atoms with van der Waals surface area (Å²) in [6.45, 7) is 10.8. The summed E-state index contributed by atoms with van der Waals surface area (Å²) in [5, 5.41) is 0.827. The van der Waals surface area contributed by atoms with Gasteiger partial charge in [-0.1, -0.05) is 38.4 Å². The summed E-state index contributed by atoms with van der Waals surface area (Å²) >= 11 is 6.81. The molecule has 1 aromatic rings. The molecule has 0 heterocycles. The van der Waals surface area contributed by atoms with Crippen molar-refractivity contribution in [3.8, 4) is 0 Å². The molecule has 3 heteroatoms. The molecule has 0 N–H and O–H groups in total. The lowest BCUT2D eigenvalue weighted by Crippen LogP contribution is -2.21. The third-order valence-electron chi connectivity index (χ3n) is 6.07. The average molecular weight is 373 g/mol. The smallest absolute Gasteiger partial charge is 0.166 e. The van der Waals surface area contributed by atoms with E-state index in [-0.39, 0.29) is 22.9 Å². The Morgan fingerprint density at radius 1 is 1.19 bits per heavy atom. The molecule has 2 nitrogen and oxygen atoms in total. The maximum absolute atomic E-state index is 12.6. The third-order valence-corrected chi connectivity index (χ3v) is 6.56. The fraction of sp³-hybridized carbons (Fsp3) is 0.565. The summed E-state index contributed by atoms with van der Waals surface area (Å²) in [5.41, 5.74) is 7.08. The highest BCUT2D eigenvalue weighted by atomic mass is 35.5. The standard InChI is InChI=1S/C23H29ClO2/c1-6-7-19(25)16-9-8-15(10-20(16)26)21-13(2)17-11-23(4,5)12-18(17)14(3)22(21)24/h9,15H,6-8,10-12H2,1-5H3. The number of hydrogen-bond donors (Lipinski definition) is 0. The van der Waals surface area contributed by atoms with Crippen LogP contribution in [0, 0.1) is 19.3 Å². The number of rotatable bonds is 4. The molecule has 0 saturated heterocycles.